The number of rotatable bonds is 3. The molecule has 4 aromatic rings. The van der Waals surface area contributed by atoms with Crippen LogP contribution in [0.5, 0.6) is 0 Å². The molecule has 10 heteroatoms. The van der Waals surface area contributed by atoms with Crippen molar-refractivity contribution in [1.29, 1.82) is 0 Å². The standard InChI is InChI=1S/C37H44N6O4/c1-35(2,3)46-33(44)42-20-8-10-30(42)31-39-27-18-15-25(22-28(27)40-31)12-11-24-13-16-26(17-14-24)29-23-38-32(41-29)37(7)19-9-21-43(37)34(45)47-36(4,5)6/h13-18,22-23,30H,8-10,19-21H2,1-7H3,(H,38,41)(H,39,40)/t30-,37+/m0/s1. The number of hydrogen-bond donors (Lipinski definition) is 2. The Morgan fingerprint density at radius 3 is 2.30 bits per heavy atom. The second kappa shape index (κ2) is 12.1. The summed E-state index contributed by atoms with van der Waals surface area (Å²) in [4.78, 5) is 45.7. The molecule has 2 atom stereocenters. The second-order valence-electron chi connectivity index (χ2n) is 14.7. The van der Waals surface area contributed by atoms with E-state index in [1.807, 2.05) is 97.1 Å². The van der Waals surface area contributed by atoms with Crippen molar-refractivity contribution in [2.75, 3.05) is 13.1 Å². The topological polar surface area (TPSA) is 116 Å². The molecule has 2 aromatic heterocycles. The number of carbonyl (C=O) groups excluding carboxylic acids is 2. The zero-order chi connectivity index (χ0) is 33.6. The summed E-state index contributed by atoms with van der Waals surface area (Å²) in [6, 6.07) is 13.8. The van der Waals surface area contributed by atoms with Crippen LogP contribution in [0.2, 0.25) is 0 Å². The van der Waals surface area contributed by atoms with Gasteiger partial charge in [-0.2, -0.15) is 0 Å². The van der Waals surface area contributed by atoms with Crippen LogP contribution < -0.4 is 0 Å². The second-order valence-corrected chi connectivity index (χ2v) is 14.7. The third kappa shape index (κ3) is 6.99. The van der Waals surface area contributed by atoms with Gasteiger partial charge in [0.05, 0.1) is 29.0 Å². The SMILES string of the molecule is CC(C)(C)OC(=O)N1CCC[C@H]1c1nc2ccc(C#Cc3ccc(-c4cnc([C@@]5(C)CCCN5C(=O)OC(C)(C)C)[nH]4)cc3)cc2[nH]1. The van der Waals surface area contributed by atoms with Crippen LogP contribution in [0.15, 0.2) is 48.7 Å². The van der Waals surface area contributed by atoms with Crippen molar-refractivity contribution in [3.63, 3.8) is 0 Å². The molecule has 2 aliphatic rings. The average molecular weight is 637 g/mol. The molecule has 0 bridgehead atoms. The number of imidazole rings is 2. The van der Waals surface area contributed by atoms with Crippen LogP contribution in [0, 0.1) is 11.8 Å². The largest absolute Gasteiger partial charge is 0.444 e. The summed E-state index contributed by atoms with van der Waals surface area (Å²) in [5, 5.41) is 0. The fourth-order valence-electron chi connectivity index (χ4n) is 6.29. The van der Waals surface area contributed by atoms with Gasteiger partial charge in [-0.1, -0.05) is 24.0 Å². The minimum absolute atomic E-state index is 0.138. The number of aromatic amines is 2. The highest BCUT2D eigenvalue weighted by molar-refractivity contribution is 5.77. The van der Waals surface area contributed by atoms with Gasteiger partial charge in [-0.15, -0.1) is 0 Å². The smallest absolute Gasteiger partial charge is 0.411 e. The highest BCUT2D eigenvalue weighted by Gasteiger charge is 2.45. The number of nitrogens with zero attached hydrogens (tertiary/aromatic N) is 4. The lowest BCUT2D eigenvalue weighted by Gasteiger charge is -2.34. The number of amides is 2. The first-order chi connectivity index (χ1) is 22.2. The molecule has 0 spiro atoms. The number of nitrogens with one attached hydrogen (secondary N) is 2. The molecule has 2 saturated heterocycles. The molecule has 10 nitrogen and oxygen atoms in total. The Kier molecular flexibility index (Phi) is 8.29. The van der Waals surface area contributed by atoms with Crippen molar-refractivity contribution in [1.82, 2.24) is 29.7 Å². The van der Waals surface area contributed by atoms with Crippen LogP contribution in [0.25, 0.3) is 22.3 Å². The highest BCUT2D eigenvalue weighted by Crippen LogP contribution is 2.39. The maximum atomic E-state index is 12.9. The summed E-state index contributed by atoms with van der Waals surface area (Å²) in [6.07, 6.45) is 4.64. The minimum Gasteiger partial charge on any atom is -0.444 e. The molecule has 2 N–H and O–H groups in total. The normalized spacial score (nSPS) is 19.9. The van der Waals surface area contributed by atoms with Gasteiger partial charge in [-0.3, -0.25) is 9.80 Å². The van der Waals surface area contributed by atoms with Gasteiger partial charge in [-0.05, 0) is 110 Å². The van der Waals surface area contributed by atoms with Crippen LogP contribution in [-0.2, 0) is 15.0 Å². The summed E-state index contributed by atoms with van der Waals surface area (Å²) >= 11 is 0. The van der Waals surface area contributed by atoms with E-state index in [2.05, 4.69) is 26.8 Å². The number of ether oxygens (including phenoxy) is 2. The molecule has 2 fully saturated rings. The molecule has 6 rings (SSSR count). The molecule has 0 radical (unpaired) electrons. The monoisotopic (exact) mass is 636 g/mol. The van der Waals surface area contributed by atoms with E-state index < -0.39 is 16.7 Å². The van der Waals surface area contributed by atoms with Crippen LogP contribution in [0.3, 0.4) is 0 Å². The first-order valence-electron chi connectivity index (χ1n) is 16.4. The maximum absolute atomic E-state index is 12.9. The fourth-order valence-corrected chi connectivity index (χ4v) is 6.29. The Labute approximate surface area is 276 Å². The molecule has 246 valence electrons. The van der Waals surface area contributed by atoms with Crippen molar-refractivity contribution in [3.8, 4) is 23.1 Å². The summed E-state index contributed by atoms with van der Waals surface area (Å²) in [5.74, 6) is 8.06. The molecule has 2 amide bonds. The summed E-state index contributed by atoms with van der Waals surface area (Å²) < 4.78 is 11.3. The summed E-state index contributed by atoms with van der Waals surface area (Å²) in [7, 11) is 0. The molecular formula is C37H44N6O4. The molecule has 0 saturated carbocycles. The van der Waals surface area contributed by atoms with Crippen molar-refractivity contribution in [3.05, 3.63) is 71.4 Å². The van der Waals surface area contributed by atoms with E-state index in [4.69, 9.17) is 14.5 Å². The third-order valence-electron chi connectivity index (χ3n) is 8.58. The van der Waals surface area contributed by atoms with Crippen LogP contribution in [0.1, 0.15) is 103 Å². The number of H-pyrrole nitrogens is 2. The van der Waals surface area contributed by atoms with Gasteiger partial charge < -0.3 is 19.4 Å². The summed E-state index contributed by atoms with van der Waals surface area (Å²) in [6.45, 7) is 14.6. The van der Waals surface area contributed by atoms with Crippen molar-refractivity contribution in [2.24, 2.45) is 0 Å². The molecule has 0 aliphatic carbocycles. The number of fused-ring (bicyclic) bond motifs is 1. The zero-order valence-corrected chi connectivity index (χ0v) is 28.4. The minimum atomic E-state index is -0.558. The van der Waals surface area contributed by atoms with E-state index in [1.54, 1.807) is 9.80 Å². The number of benzene rings is 2. The lowest BCUT2D eigenvalue weighted by atomic mass is 9.98. The molecule has 2 aliphatic heterocycles. The van der Waals surface area contributed by atoms with E-state index in [0.717, 1.165) is 70.7 Å². The average Bonchev–Trinajstić information content (AvgIpc) is 3.79. The van der Waals surface area contributed by atoms with Gasteiger partial charge in [0.2, 0.25) is 0 Å². The van der Waals surface area contributed by atoms with Gasteiger partial charge in [0, 0.05) is 24.2 Å². The first kappa shape index (κ1) is 32.2. The number of hydrogen-bond acceptors (Lipinski definition) is 6. The van der Waals surface area contributed by atoms with E-state index in [1.165, 1.54) is 0 Å². The van der Waals surface area contributed by atoms with Gasteiger partial charge in [0.15, 0.2) is 0 Å². The van der Waals surface area contributed by atoms with Gasteiger partial charge >= 0.3 is 12.2 Å². The van der Waals surface area contributed by atoms with Crippen molar-refractivity contribution < 1.29 is 19.1 Å². The predicted octanol–water partition coefficient (Wildman–Crippen LogP) is 7.67. The lowest BCUT2D eigenvalue weighted by Crippen LogP contribution is -2.46. The van der Waals surface area contributed by atoms with Crippen molar-refractivity contribution >= 4 is 23.2 Å². The molecular weight excluding hydrogens is 592 g/mol. The number of likely N-dealkylation sites (tertiary alicyclic amines) is 2. The van der Waals surface area contributed by atoms with Crippen LogP contribution in [-0.4, -0.2) is 66.2 Å². The maximum Gasteiger partial charge on any atom is 0.411 e. The highest BCUT2D eigenvalue weighted by atomic mass is 16.6. The van der Waals surface area contributed by atoms with E-state index in [9.17, 15) is 9.59 Å². The molecule has 0 unspecified atom stereocenters. The Hall–Kier alpha value is -4.78. The van der Waals surface area contributed by atoms with Gasteiger partial charge in [0.25, 0.3) is 0 Å². The van der Waals surface area contributed by atoms with E-state index in [0.29, 0.717) is 13.1 Å². The van der Waals surface area contributed by atoms with Crippen LogP contribution in [0.4, 0.5) is 9.59 Å². The van der Waals surface area contributed by atoms with Gasteiger partial charge in [-0.25, -0.2) is 19.6 Å². The first-order valence-corrected chi connectivity index (χ1v) is 16.4. The number of carbonyl (C=O) groups is 2. The Bertz CT molecular complexity index is 1850. The number of aromatic nitrogens is 4. The summed E-state index contributed by atoms with van der Waals surface area (Å²) in [5.41, 5.74) is 3.67. The Balaban J connectivity index is 1.14. The van der Waals surface area contributed by atoms with Gasteiger partial charge in [0.1, 0.15) is 28.4 Å². The Morgan fingerprint density at radius 2 is 1.57 bits per heavy atom. The third-order valence-corrected chi connectivity index (χ3v) is 8.58. The molecule has 4 heterocycles. The van der Waals surface area contributed by atoms with E-state index >= 15 is 0 Å². The zero-order valence-electron chi connectivity index (χ0n) is 28.4. The predicted molar refractivity (Wildman–Crippen MR) is 181 cm³/mol. The van der Waals surface area contributed by atoms with Crippen molar-refractivity contribution in [2.45, 2.75) is 96.9 Å². The Morgan fingerprint density at radius 1 is 0.894 bits per heavy atom. The fraction of sp³-hybridized carbons (Fsp3) is 0.459. The molecule has 47 heavy (non-hydrogen) atoms. The quantitative estimate of drug-likeness (QED) is 0.223. The lowest BCUT2D eigenvalue weighted by molar-refractivity contribution is 0.00858. The van der Waals surface area contributed by atoms with E-state index in [-0.39, 0.29) is 18.2 Å². The molecule has 2 aromatic carbocycles. The van der Waals surface area contributed by atoms with Crippen LogP contribution >= 0.6 is 0 Å².